The van der Waals surface area contributed by atoms with Crippen LogP contribution in [0.1, 0.15) is 10.4 Å². The first-order valence-corrected chi connectivity index (χ1v) is 7.14. The van der Waals surface area contributed by atoms with Crippen molar-refractivity contribution in [1.82, 2.24) is 4.98 Å². The monoisotopic (exact) mass is 341 g/mol. The maximum absolute atomic E-state index is 12.3. The minimum Gasteiger partial charge on any atom is -0.398 e. The molecule has 104 valence electrons. The standard InChI is InChI=1S/C16H12BrN3O/c17-13-9-12(4-5-14(13)18)20-16(21)11-3-6-15-10(8-11)2-1-7-19-15/h1-9H,18H2,(H,20,21). The molecule has 0 aliphatic heterocycles. The summed E-state index contributed by atoms with van der Waals surface area (Å²) in [6.07, 6.45) is 1.73. The number of nitrogens with two attached hydrogens (primary N) is 1. The van der Waals surface area contributed by atoms with Crippen LogP contribution < -0.4 is 11.1 Å². The molecule has 0 bridgehead atoms. The Morgan fingerprint density at radius 3 is 2.81 bits per heavy atom. The number of amides is 1. The molecule has 0 atom stereocenters. The highest BCUT2D eigenvalue weighted by Gasteiger charge is 2.08. The molecular weight excluding hydrogens is 330 g/mol. The third-order valence-corrected chi connectivity index (χ3v) is 3.81. The Balaban J connectivity index is 1.87. The number of fused-ring (bicyclic) bond motifs is 1. The number of rotatable bonds is 2. The Morgan fingerprint density at radius 2 is 2.00 bits per heavy atom. The summed E-state index contributed by atoms with van der Waals surface area (Å²) >= 11 is 3.34. The van der Waals surface area contributed by atoms with E-state index in [0.717, 1.165) is 15.4 Å². The van der Waals surface area contributed by atoms with Gasteiger partial charge in [0, 0.05) is 33.0 Å². The molecule has 0 radical (unpaired) electrons. The van der Waals surface area contributed by atoms with Gasteiger partial charge < -0.3 is 11.1 Å². The van der Waals surface area contributed by atoms with E-state index in [1.807, 2.05) is 24.3 Å². The van der Waals surface area contributed by atoms with Crippen LogP contribution in [0.5, 0.6) is 0 Å². The number of pyridine rings is 1. The summed E-state index contributed by atoms with van der Waals surface area (Å²) in [5.41, 5.74) is 8.49. The van der Waals surface area contributed by atoms with Gasteiger partial charge in [-0.25, -0.2) is 0 Å². The molecule has 0 saturated carbocycles. The molecule has 3 rings (SSSR count). The van der Waals surface area contributed by atoms with E-state index in [0.29, 0.717) is 16.9 Å². The number of carbonyl (C=O) groups excluding carboxylic acids is 1. The van der Waals surface area contributed by atoms with E-state index in [1.165, 1.54) is 0 Å². The largest absolute Gasteiger partial charge is 0.398 e. The van der Waals surface area contributed by atoms with Crippen LogP contribution in [-0.4, -0.2) is 10.9 Å². The molecule has 0 saturated heterocycles. The van der Waals surface area contributed by atoms with Crippen molar-refractivity contribution in [2.45, 2.75) is 0 Å². The van der Waals surface area contributed by atoms with Crippen LogP contribution in [0.2, 0.25) is 0 Å². The maximum atomic E-state index is 12.3. The van der Waals surface area contributed by atoms with Gasteiger partial charge in [-0.1, -0.05) is 6.07 Å². The lowest BCUT2D eigenvalue weighted by atomic mass is 10.1. The van der Waals surface area contributed by atoms with Crippen LogP contribution in [0.4, 0.5) is 11.4 Å². The molecule has 1 amide bonds. The number of halogens is 1. The zero-order chi connectivity index (χ0) is 14.8. The van der Waals surface area contributed by atoms with Crippen molar-refractivity contribution in [1.29, 1.82) is 0 Å². The highest BCUT2D eigenvalue weighted by atomic mass is 79.9. The summed E-state index contributed by atoms with van der Waals surface area (Å²) in [5, 5.41) is 3.78. The second-order valence-electron chi connectivity index (χ2n) is 4.60. The van der Waals surface area contributed by atoms with Gasteiger partial charge in [-0.3, -0.25) is 9.78 Å². The first kappa shape index (κ1) is 13.6. The molecule has 1 heterocycles. The van der Waals surface area contributed by atoms with E-state index >= 15 is 0 Å². The molecule has 1 aromatic heterocycles. The van der Waals surface area contributed by atoms with Crippen molar-refractivity contribution in [2.24, 2.45) is 0 Å². The van der Waals surface area contributed by atoms with Crippen LogP contribution in [0.25, 0.3) is 10.9 Å². The minimum absolute atomic E-state index is 0.169. The molecular formula is C16H12BrN3O. The van der Waals surface area contributed by atoms with Crippen LogP contribution in [0, 0.1) is 0 Å². The van der Waals surface area contributed by atoms with Gasteiger partial charge >= 0.3 is 0 Å². The van der Waals surface area contributed by atoms with Crippen LogP contribution in [-0.2, 0) is 0 Å². The Bertz CT molecular complexity index is 833. The Hall–Kier alpha value is -2.40. The normalized spacial score (nSPS) is 10.5. The van der Waals surface area contributed by atoms with E-state index in [-0.39, 0.29) is 5.91 Å². The first-order valence-electron chi connectivity index (χ1n) is 6.34. The lowest BCUT2D eigenvalue weighted by Crippen LogP contribution is -2.11. The average molecular weight is 342 g/mol. The molecule has 0 fully saturated rings. The number of nitrogen functional groups attached to an aromatic ring is 1. The number of benzene rings is 2. The third-order valence-electron chi connectivity index (χ3n) is 3.12. The van der Waals surface area contributed by atoms with E-state index in [4.69, 9.17) is 5.73 Å². The van der Waals surface area contributed by atoms with Gasteiger partial charge in [0.15, 0.2) is 0 Å². The lowest BCUT2D eigenvalue weighted by Gasteiger charge is -2.07. The summed E-state index contributed by atoms with van der Waals surface area (Å²) in [6.45, 7) is 0. The van der Waals surface area contributed by atoms with Gasteiger partial charge in [-0.05, 0) is 58.4 Å². The molecule has 5 heteroatoms. The van der Waals surface area contributed by atoms with Gasteiger partial charge in [0.05, 0.1) is 5.52 Å². The smallest absolute Gasteiger partial charge is 0.255 e. The molecule has 0 unspecified atom stereocenters. The summed E-state index contributed by atoms with van der Waals surface area (Å²) in [7, 11) is 0. The van der Waals surface area contributed by atoms with Crippen LogP contribution in [0.15, 0.2) is 59.2 Å². The summed E-state index contributed by atoms with van der Waals surface area (Å²) in [5.74, 6) is -0.169. The summed E-state index contributed by atoms with van der Waals surface area (Å²) in [4.78, 5) is 16.5. The quantitative estimate of drug-likeness (QED) is 0.696. The minimum atomic E-state index is -0.169. The first-order chi connectivity index (χ1) is 10.1. The Kier molecular flexibility index (Phi) is 3.58. The molecule has 4 nitrogen and oxygen atoms in total. The zero-order valence-electron chi connectivity index (χ0n) is 11.0. The molecule has 3 aromatic rings. The number of hydrogen-bond donors (Lipinski definition) is 2. The van der Waals surface area contributed by atoms with Gasteiger partial charge in [0.1, 0.15) is 0 Å². The summed E-state index contributed by atoms with van der Waals surface area (Å²) < 4.78 is 0.753. The number of nitrogens with one attached hydrogen (secondary N) is 1. The van der Waals surface area contributed by atoms with Crippen LogP contribution >= 0.6 is 15.9 Å². The van der Waals surface area contributed by atoms with E-state index in [9.17, 15) is 4.79 Å². The topological polar surface area (TPSA) is 68.0 Å². The third kappa shape index (κ3) is 2.87. The molecule has 0 aliphatic carbocycles. The van der Waals surface area contributed by atoms with Gasteiger partial charge in [0.25, 0.3) is 5.91 Å². The van der Waals surface area contributed by atoms with Crippen molar-refractivity contribution in [3.05, 3.63) is 64.8 Å². The van der Waals surface area contributed by atoms with Gasteiger partial charge in [0.2, 0.25) is 0 Å². The van der Waals surface area contributed by atoms with Crippen molar-refractivity contribution < 1.29 is 4.79 Å². The van der Waals surface area contributed by atoms with Crippen molar-refractivity contribution in [2.75, 3.05) is 11.1 Å². The van der Waals surface area contributed by atoms with Gasteiger partial charge in [-0.15, -0.1) is 0 Å². The maximum Gasteiger partial charge on any atom is 0.255 e. The molecule has 21 heavy (non-hydrogen) atoms. The highest BCUT2D eigenvalue weighted by Crippen LogP contribution is 2.23. The second kappa shape index (κ2) is 5.54. The van der Waals surface area contributed by atoms with Crippen molar-refractivity contribution in [3.8, 4) is 0 Å². The average Bonchev–Trinajstić information content (AvgIpc) is 2.50. The van der Waals surface area contributed by atoms with E-state index < -0.39 is 0 Å². The number of aromatic nitrogens is 1. The Morgan fingerprint density at radius 1 is 1.14 bits per heavy atom. The molecule has 3 N–H and O–H groups in total. The number of anilines is 2. The second-order valence-corrected chi connectivity index (χ2v) is 5.46. The van der Waals surface area contributed by atoms with Crippen LogP contribution in [0.3, 0.4) is 0 Å². The Labute approximate surface area is 130 Å². The fourth-order valence-electron chi connectivity index (χ4n) is 2.03. The molecule has 2 aromatic carbocycles. The SMILES string of the molecule is Nc1ccc(NC(=O)c2ccc3ncccc3c2)cc1Br. The van der Waals surface area contributed by atoms with Crippen molar-refractivity contribution in [3.63, 3.8) is 0 Å². The predicted octanol–water partition coefficient (Wildman–Crippen LogP) is 3.83. The van der Waals surface area contributed by atoms with Crippen molar-refractivity contribution >= 4 is 44.1 Å². The van der Waals surface area contributed by atoms with E-state index in [1.54, 1.807) is 30.5 Å². The molecule has 0 spiro atoms. The molecule has 0 aliphatic rings. The highest BCUT2D eigenvalue weighted by molar-refractivity contribution is 9.10. The number of hydrogen-bond acceptors (Lipinski definition) is 3. The van der Waals surface area contributed by atoms with E-state index in [2.05, 4.69) is 26.2 Å². The van der Waals surface area contributed by atoms with Gasteiger partial charge in [-0.2, -0.15) is 0 Å². The number of carbonyl (C=O) groups is 1. The fourth-order valence-corrected chi connectivity index (χ4v) is 2.40. The lowest BCUT2D eigenvalue weighted by molar-refractivity contribution is 0.102. The number of nitrogens with zero attached hydrogens (tertiary/aromatic N) is 1. The summed E-state index contributed by atoms with van der Waals surface area (Å²) in [6, 6.07) is 14.5. The zero-order valence-corrected chi connectivity index (χ0v) is 12.6. The predicted molar refractivity (Wildman–Crippen MR) is 88.3 cm³/mol. The fraction of sp³-hybridized carbons (Fsp3) is 0.